The molecule has 0 aliphatic heterocycles. The van der Waals surface area contributed by atoms with E-state index in [0.29, 0.717) is 5.03 Å². The summed E-state index contributed by atoms with van der Waals surface area (Å²) in [6, 6.07) is 0. The lowest BCUT2D eigenvalue weighted by atomic mass is 10.3. The smallest absolute Gasteiger partial charge is 0.343 e. The number of rotatable bonds is 2. The Labute approximate surface area is 90.0 Å². The SMILES string of the molecule is COC(=O)c1c(Cl)nc(N)nc1SC. The number of ether oxygens (including phenoxy) is 1. The summed E-state index contributed by atoms with van der Waals surface area (Å²) < 4.78 is 4.54. The first-order chi connectivity index (χ1) is 6.60. The average Bonchev–Trinajstić information content (AvgIpc) is 2.15. The first kappa shape index (κ1) is 11.1. The van der Waals surface area contributed by atoms with Crippen molar-refractivity contribution < 1.29 is 9.53 Å². The minimum atomic E-state index is -0.570. The van der Waals surface area contributed by atoms with Crippen LogP contribution in [0.4, 0.5) is 5.95 Å². The first-order valence-corrected chi connectivity index (χ1v) is 5.15. The molecule has 0 unspecified atom stereocenters. The van der Waals surface area contributed by atoms with E-state index in [1.165, 1.54) is 18.9 Å². The molecule has 0 bridgehead atoms. The van der Waals surface area contributed by atoms with Crippen LogP contribution in [0.2, 0.25) is 5.15 Å². The average molecular weight is 234 g/mol. The molecule has 0 saturated heterocycles. The molecule has 1 heterocycles. The number of hydrogen-bond acceptors (Lipinski definition) is 6. The molecule has 0 aliphatic carbocycles. The Morgan fingerprint density at radius 2 is 2.21 bits per heavy atom. The molecule has 1 aromatic rings. The predicted octanol–water partition coefficient (Wildman–Crippen LogP) is 1.22. The van der Waals surface area contributed by atoms with E-state index >= 15 is 0 Å². The van der Waals surface area contributed by atoms with Crippen LogP contribution in [0.3, 0.4) is 0 Å². The van der Waals surface area contributed by atoms with Gasteiger partial charge < -0.3 is 10.5 Å². The third-order valence-electron chi connectivity index (χ3n) is 1.43. The summed E-state index contributed by atoms with van der Waals surface area (Å²) in [5.74, 6) is -0.536. The maximum atomic E-state index is 11.3. The van der Waals surface area contributed by atoms with Crippen LogP contribution in [-0.4, -0.2) is 29.3 Å². The number of hydrogen-bond donors (Lipinski definition) is 1. The molecule has 0 aromatic carbocycles. The number of esters is 1. The molecule has 0 fully saturated rings. The van der Waals surface area contributed by atoms with Gasteiger partial charge in [0.25, 0.3) is 0 Å². The van der Waals surface area contributed by atoms with E-state index in [-0.39, 0.29) is 16.7 Å². The lowest BCUT2D eigenvalue weighted by Crippen LogP contribution is -2.09. The molecule has 5 nitrogen and oxygen atoms in total. The summed E-state index contributed by atoms with van der Waals surface area (Å²) in [7, 11) is 1.26. The fraction of sp³-hybridized carbons (Fsp3) is 0.286. The number of aromatic nitrogens is 2. The molecule has 1 rings (SSSR count). The molecular formula is C7H8ClN3O2S. The summed E-state index contributed by atoms with van der Waals surface area (Å²) in [6.07, 6.45) is 1.75. The lowest BCUT2D eigenvalue weighted by molar-refractivity contribution is 0.0595. The van der Waals surface area contributed by atoms with E-state index in [9.17, 15) is 4.79 Å². The van der Waals surface area contributed by atoms with Crippen LogP contribution < -0.4 is 5.73 Å². The van der Waals surface area contributed by atoms with Crippen LogP contribution in [0.15, 0.2) is 5.03 Å². The van der Waals surface area contributed by atoms with E-state index < -0.39 is 5.97 Å². The third kappa shape index (κ3) is 2.08. The molecule has 1 aromatic heterocycles. The van der Waals surface area contributed by atoms with Crippen molar-refractivity contribution in [1.82, 2.24) is 9.97 Å². The standard InChI is InChI=1S/C7H8ClN3O2S/c1-13-6(12)3-4(8)10-7(9)11-5(3)14-2/h1-2H3,(H2,9,10,11). The van der Waals surface area contributed by atoms with Crippen LogP contribution in [0.25, 0.3) is 0 Å². The van der Waals surface area contributed by atoms with Gasteiger partial charge in [-0.15, -0.1) is 11.8 Å². The van der Waals surface area contributed by atoms with Gasteiger partial charge in [-0.05, 0) is 6.26 Å². The van der Waals surface area contributed by atoms with Crippen LogP contribution in [0.1, 0.15) is 10.4 Å². The molecule has 76 valence electrons. The summed E-state index contributed by atoms with van der Waals surface area (Å²) in [6.45, 7) is 0. The fourth-order valence-electron chi connectivity index (χ4n) is 0.851. The van der Waals surface area contributed by atoms with Crippen LogP contribution in [-0.2, 0) is 4.74 Å². The van der Waals surface area contributed by atoms with Gasteiger partial charge in [-0.1, -0.05) is 11.6 Å². The Balaban J connectivity index is 3.32. The zero-order valence-corrected chi connectivity index (χ0v) is 9.15. The molecule has 14 heavy (non-hydrogen) atoms. The van der Waals surface area contributed by atoms with E-state index in [2.05, 4.69) is 14.7 Å². The highest BCUT2D eigenvalue weighted by molar-refractivity contribution is 7.98. The van der Waals surface area contributed by atoms with E-state index in [0.717, 1.165) is 0 Å². The highest BCUT2D eigenvalue weighted by Crippen LogP contribution is 2.25. The summed E-state index contributed by atoms with van der Waals surface area (Å²) in [5, 5.41) is 0.419. The van der Waals surface area contributed by atoms with Gasteiger partial charge in [-0.25, -0.2) is 14.8 Å². The molecule has 0 atom stereocenters. The van der Waals surface area contributed by atoms with Crippen LogP contribution in [0.5, 0.6) is 0 Å². The maximum Gasteiger partial charge on any atom is 0.343 e. The fourth-order valence-corrected chi connectivity index (χ4v) is 1.73. The van der Waals surface area contributed by atoms with Crippen molar-refractivity contribution in [3.05, 3.63) is 10.7 Å². The van der Waals surface area contributed by atoms with Gasteiger partial charge in [-0.2, -0.15) is 0 Å². The van der Waals surface area contributed by atoms with Crippen molar-refractivity contribution in [3.63, 3.8) is 0 Å². The number of thioether (sulfide) groups is 1. The van der Waals surface area contributed by atoms with Gasteiger partial charge in [0, 0.05) is 0 Å². The van der Waals surface area contributed by atoms with Gasteiger partial charge in [0.1, 0.15) is 15.7 Å². The summed E-state index contributed by atoms with van der Waals surface area (Å²) in [5.41, 5.74) is 5.52. The van der Waals surface area contributed by atoms with Crippen molar-refractivity contribution in [2.24, 2.45) is 0 Å². The van der Waals surface area contributed by atoms with Gasteiger partial charge >= 0.3 is 5.97 Å². The second-order valence-electron chi connectivity index (χ2n) is 2.25. The summed E-state index contributed by atoms with van der Waals surface area (Å²) >= 11 is 6.99. The maximum absolute atomic E-state index is 11.3. The molecule has 0 spiro atoms. The number of methoxy groups -OCH3 is 1. The second kappa shape index (κ2) is 4.47. The minimum absolute atomic E-state index is 0.00806. The Morgan fingerprint density at radius 1 is 1.57 bits per heavy atom. The number of nitrogens with two attached hydrogens (primary N) is 1. The first-order valence-electron chi connectivity index (χ1n) is 3.55. The number of nitrogen functional groups attached to an aromatic ring is 1. The highest BCUT2D eigenvalue weighted by Gasteiger charge is 2.19. The topological polar surface area (TPSA) is 78.1 Å². The molecule has 0 radical (unpaired) electrons. The Kier molecular flexibility index (Phi) is 3.54. The number of anilines is 1. The largest absolute Gasteiger partial charge is 0.465 e. The van der Waals surface area contributed by atoms with Crippen molar-refractivity contribution in [1.29, 1.82) is 0 Å². The van der Waals surface area contributed by atoms with Gasteiger partial charge in [-0.3, -0.25) is 0 Å². The Hall–Kier alpha value is -1.01. The van der Waals surface area contributed by atoms with Crippen molar-refractivity contribution in [2.75, 3.05) is 19.1 Å². The van der Waals surface area contributed by atoms with Crippen molar-refractivity contribution in [2.45, 2.75) is 5.03 Å². The van der Waals surface area contributed by atoms with E-state index in [1.54, 1.807) is 6.26 Å². The normalized spacial score (nSPS) is 9.93. The monoisotopic (exact) mass is 233 g/mol. The minimum Gasteiger partial charge on any atom is -0.465 e. The lowest BCUT2D eigenvalue weighted by Gasteiger charge is -2.06. The predicted molar refractivity (Wildman–Crippen MR) is 54.6 cm³/mol. The zero-order valence-electron chi connectivity index (χ0n) is 7.57. The van der Waals surface area contributed by atoms with E-state index in [1.807, 2.05) is 0 Å². The Morgan fingerprint density at radius 3 is 2.71 bits per heavy atom. The van der Waals surface area contributed by atoms with Gasteiger partial charge in [0.15, 0.2) is 0 Å². The second-order valence-corrected chi connectivity index (χ2v) is 3.40. The van der Waals surface area contributed by atoms with E-state index in [4.69, 9.17) is 17.3 Å². The quantitative estimate of drug-likeness (QED) is 0.470. The molecule has 0 amide bonds. The molecule has 2 N–H and O–H groups in total. The molecule has 0 saturated carbocycles. The van der Waals surface area contributed by atoms with Crippen molar-refractivity contribution in [3.8, 4) is 0 Å². The van der Waals surface area contributed by atoms with Crippen LogP contribution in [0, 0.1) is 0 Å². The third-order valence-corrected chi connectivity index (χ3v) is 2.39. The number of carbonyl (C=O) groups is 1. The molecule has 7 heteroatoms. The van der Waals surface area contributed by atoms with Gasteiger partial charge in [0.05, 0.1) is 7.11 Å². The number of halogens is 1. The Bertz CT molecular complexity index is 372. The number of nitrogens with zero attached hydrogens (tertiary/aromatic N) is 2. The molecule has 0 aliphatic rings. The van der Waals surface area contributed by atoms with Crippen molar-refractivity contribution >= 4 is 35.3 Å². The molecular weight excluding hydrogens is 226 g/mol. The number of carbonyl (C=O) groups excluding carboxylic acids is 1. The summed E-state index contributed by atoms with van der Waals surface area (Å²) in [4.78, 5) is 18.8. The van der Waals surface area contributed by atoms with Crippen LogP contribution >= 0.6 is 23.4 Å². The van der Waals surface area contributed by atoms with Gasteiger partial charge in [0.2, 0.25) is 5.95 Å². The zero-order chi connectivity index (χ0) is 10.7. The highest BCUT2D eigenvalue weighted by atomic mass is 35.5.